The van der Waals surface area contributed by atoms with Crippen LogP contribution in [0.15, 0.2) is 35.2 Å². The maximum Gasteiger partial charge on any atom is 0.245 e. The van der Waals surface area contributed by atoms with Gasteiger partial charge in [0, 0.05) is 24.7 Å². The summed E-state index contributed by atoms with van der Waals surface area (Å²) < 4.78 is 40.5. The number of sulfonamides is 1. The summed E-state index contributed by atoms with van der Waals surface area (Å²) in [4.78, 5) is 16.7. The van der Waals surface area contributed by atoms with Gasteiger partial charge in [0.15, 0.2) is 0 Å². The zero-order chi connectivity index (χ0) is 20.5. The lowest BCUT2D eigenvalue weighted by atomic mass is 9.97. The van der Waals surface area contributed by atoms with Crippen molar-refractivity contribution in [3.63, 3.8) is 0 Å². The highest BCUT2D eigenvalue weighted by molar-refractivity contribution is 7.89. The van der Waals surface area contributed by atoms with Gasteiger partial charge in [-0.1, -0.05) is 12.1 Å². The lowest BCUT2D eigenvalue weighted by molar-refractivity contribution is -0.120. The van der Waals surface area contributed by atoms with Gasteiger partial charge in [0.1, 0.15) is 10.7 Å². The summed E-state index contributed by atoms with van der Waals surface area (Å²) in [6.45, 7) is 6.02. The smallest absolute Gasteiger partial charge is 0.245 e. The van der Waals surface area contributed by atoms with Gasteiger partial charge in [-0.2, -0.15) is 4.31 Å². The Kier molecular flexibility index (Phi) is 5.81. The van der Waals surface area contributed by atoms with Gasteiger partial charge in [0.25, 0.3) is 0 Å². The van der Waals surface area contributed by atoms with Crippen LogP contribution in [0.25, 0.3) is 0 Å². The predicted molar refractivity (Wildman–Crippen MR) is 105 cm³/mol. The molecule has 1 aromatic carbocycles. The molecular formula is C20H24FN3O3S. The van der Waals surface area contributed by atoms with Crippen molar-refractivity contribution in [2.45, 2.75) is 38.5 Å². The van der Waals surface area contributed by atoms with Crippen LogP contribution >= 0.6 is 0 Å². The Morgan fingerprint density at radius 1 is 1.18 bits per heavy atom. The number of nitrogens with one attached hydrogen (secondary N) is 1. The minimum absolute atomic E-state index is 0.139. The van der Waals surface area contributed by atoms with Gasteiger partial charge in [-0.05, 0) is 57.4 Å². The maximum absolute atomic E-state index is 13.9. The van der Waals surface area contributed by atoms with E-state index in [0.717, 1.165) is 23.0 Å². The minimum Gasteiger partial charge on any atom is -0.324 e. The quantitative estimate of drug-likeness (QED) is 0.847. The summed E-state index contributed by atoms with van der Waals surface area (Å²) in [6.07, 6.45) is 0.772. The summed E-state index contributed by atoms with van der Waals surface area (Å²) >= 11 is 0. The third-order valence-corrected chi connectivity index (χ3v) is 6.98. The minimum atomic E-state index is -3.90. The molecule has 2 heterocycles. The third kappa shape index (κ3) is 4.07. The molecule has 1 aliphatic rings. The lowest BCUT2D eigenvalue weighted by Crippen LogP contribution is -2.41. The monoisotopic (exact) mass is 405 g/mol. The molecule has 150 valence electrons. The highest BCUT2D eigenvalue weighted by Gasteiger charge is 2.33. The molecule has 1 amide bonds. The van der Waals surface area contributed by atoms with E-state index in [1.165, 1.54) is 22.5 Å². The van der Waals surface area contributed by atoms with Crippen molar-refractivity contribution in [2.75, 3.05) is 18.4 Å². The molecule has 0 aliphatic carbocycles. The molecular weight excluding hydrogens is 381 g/mol. The molecule has 0 saturated carbocycles. The van der Waals surface area contributed by atoms with Crippen LogP contribution in [-0.4, -0.2) is 36.7 Å². The first-order chi connectivity index (χ1) is 13.2. The number of pyridine rings is 1. The molecule has 0 bridgehead atoms. The fourth-order valence-electron chi connectivity index (χ4n) is 3.59. The zero-order valence-electron chi connectivity index (χ0n) is 16.2. The lowest BCUT2D eigenvalue weighted by Gasteiger charge is -2.30. The van der Waals surface area contributed by atoms with Crippen molar-refractivity contribution in [2.24, 2.45) is 5.92 Å². The number of aromatic nitrogens is 1. The molecule has 0 unspecified atom stereocenters. The third-order valence-electron chi connectivity index (χ3n) is 5.05. The van der Waals surface area contributed by atoms with E-state index < -0.39 is 15.8 Å². The molecule has 1 fully saturated rings. The Morgan fingerprint density at radius 3 is 2.43 bits per heavy atom. The van der Waals surface area contributed by atoms with E-state index in [4.69, 9.17) is 0 Å². The van der Waals surface area contributed by atoms with E-state index >= 15 is 0 Å². The molecule has 6 nitrogen and oxygen atoms in total. The van der Waals surface area contributed by atoms with Crippen LogP contribution < -0.4 is 5.32 Å². The van der Waals surface area contributed by atoms with Crippen LogP contribution in [0.1, 0.15) is 29.8 Å². The average Bonchev–Trinajstić information content (AvgIpc) is 2.64. The molecule has 1 aliphatic heterocycles. The van der Waals surface area contributed by atoms with Crippen LogP contribution in [0.2, 0.25) is 0 Å². The molecule has 1 aromatic heterocycles. The van der Waals surface area contributed by atoms with E-state index in [0.29, 0.717) is 18.5 Å². The fraction of sp³-hybridized carbons (Fsp3) is 0.400. The summed E-state index contributed by atoms with van der Waals surface area (Å²) in [5.41, 5.74) is 3.29. The first kappa shape index (κ1) is 20.4. The van der Waals surface area contributed by atoms with Gasteiger partial charge in [-0.15, -0.1) is 0 Å². The highest BCUT2D eigenvalue weighted by Crippen LogP contribution is 2.27. The van der Waals surface area contributed by atoms with Crippen LogP contribution in [0, 0.1) is 32.5 Å². The average molecular weight is 405 g/mol. The number of halogens is 1. The number of hydrogen-bond donors (Lipinski definition) is 1. The number of aryl methyl sites for hydroxylation is 3. The van der Waals surface area contributed by atoms with Gasteiger partial charge >= 0.3 is 0 Å². The highest BCUT2D eigenvalue weighted by atomic mass is 32.2. The van der Waals surface area contributed by atoms with Crippen molar-refractivity contribution >= 4 is 21.6 Å². The summed E-state index contributed by atoms with van der Waals surface area (Å²) in [6, 6.07) is 7.25. The number of rotatable bonds is 4. The Bertz CT molecular complexity index is 977. The van der Waals surface area contributed by atoms with Crippen LogP contribution in [0.5, 0.6) is 0 Å². The Hall–Kier alpha value is -2.32. The molecule has 1 saturated heterocycles. The molecule has 0 spiro atoms. The number of carbonyl (C=O) groups excluding carboxylic acids is 1. The standard InChI is InChI=1S/C20H24FN3O3S/c1-13-12-14(2)22-15(3)19(13)23-20(25)16-8-10-24(11-9-16)28(26,27)18-7-5-4-6-17(18)21/h4-7,12,16H,8-11H2,1-3H3,(H,23,25). The SMILES string of the molecule is Cc1cc(C)c(NC(=O)C2CCN(S(=O)(=O)c3ccccc3F)CC2)c(C)n1. The van der Waals surface area contributed by atoms with Crippen LogP contribution in [0.4, 0.5) is 10.1 Å². The van der Waals surface area contributed by atoms with E-state index in [9.17, 15) is 17.6 Å². The van der Waals surface area contributed by atoms with Crippen molar-refractivity contribution in [1.82, 2.24) is 9.29 Å². The molecule has 28 heavy (non-hydrogen) atoms. The summed E-state index contributed by atoms with van der Waals surface area (Å²) in [5.74, 6) is -1.20. The van der Waals surface area contributed by atoms with E-state index in [-0.39, 0.29) is 29.8 Å². The number of hydrogen-bond acceptors (Lipinski definition) is 4. The van der Waals surface area contributed by atoms with Crippen molar-refractivity contribution < 1.29 is 17.6 Å². The normalized spacial score (nSPS) is 16.1. The van der Waals surface area contributed by atoms with Gasteiger partial charge in [0.2, 0.25) is 15.9 Å². The summed E-state index contributed by atoms with van der Waals surface area (Å²) in [7, 11) is -3.90. The second-order valence-electron chi connectivity index (χ2n) is 7.14. The first-order valence-corrected chi connectivity index (χ1v) is 10.6. The number of anilines is 1. The molecule has 0 radical (unpaired) electrons. The van der Waals surface area contributed by atoms with Gasteiger partial charge in [-0.3, -0.25) is 9.78 Å². The van der Waals surface area contributed by atoms with Crippen molar-refractivity contribution in [3.8, 4) is 0 Å². The second kappa shape index (κ2) is 7.97. The summed E-state index contributed by atoms with van der Waals surface area (Å²) in [5, 5.41) is 2.94. The van der Waals surface area contributed by atoms with E-state index in [2.05, 4.69) is 10.3 Å². The first-order valence-electron chi connectivity index (χ1n) is 9.20. The Labute approximate surface area is 164 Å². The number of benzene rings is 1. The van der Waals surface area contributed by atoms with E-state index in [1.54, 1.807) is 0 Å². The number of amides is 1. The van der Waals surface area contributed by atoms with Gasteiger partial charge in [0.05, 0.1) is 11.4 Å². The zero-order valence-corrected chi connectivity index (χ0v) is 17.0. The predicted octanol–water partition coefficient (Wildman–Crippen LogP) is 3.19. The second-order valence-corrected chi connectivity index (χ2v) is 9.05. The number of carbonyl (C=O) groups is 1. The fourth-order valence-corrected chi connectivity index (χ4v) is 5.12. The topological polar surface area (TPSA) is 79.4 Å². The van der Waals surface area contributed by atoms with Gasteiger partial charge in [-0.25, -0.2) is 12.8 Å². The van der Waals surface area contributed by atoms with Gasteiger partial charge < -0.3 is 5.32 Å². The molecule has 3 rings (SSSR count). The number of nitrogens with zero attached hydrogens (tertiary/aromatic N) is 2. The van der Waals surface area contributed by atoms with Crippen LogP contribution in [0.3, 0.4) is 0 Å². The Balaban J connectivity index is 1.67. The molecule has 0 atom stereocenters. The number of piperidine rings is 1. The molecule has 8 heteroatoms. The Morgan fingerprint density at radius 2 is 1.82 bits per heavy atom. The maximum atomic E-state index is 13.9. The van der Waals surface area contributed by atoms with Crippen molar-refractivity contribution in [1.29, 1.82) is 0 Å². The largest absolute Gasteiger partial charge is 0.324 e. The molecule has 2 aromatic rings. The van der Waals surface area contributed by atoms with E-state index in [1.807, 2.05) is 26.8 Å². The van der Waals surface area contributed by atoms with Crippen molar-refractivity contribution in [3.05, 3.63) is 53.1 Å². The molecule has 1 N–H and O–H groups in total. The van der Waals surface area contributed by atoms with Crippen LogP contribution in [-0.2, 0) is 14.8 Å².